The molecule has 9 heteroatoms. The minimum Gasteiger partial charge on any atom is -0.497 e. The molecule has 3 aromatic rings. The normalized spacial score (nSPS) is 15.2. The fourth-order valence-corrected chi connectivity index (χ4v) is 4.83. The van der Waals surface area contributed by atoms with E-state index < -0.39 is 0 Å². The van der Waals surface area contributed by atoms with Crippen molar-refractivity contribution < 1.29 is 18.8 Å². The maximum Gasteiger partial charge on any atom is 0.276 e. The molecule has 192 valence electrons. The molecule has 0 saturated carbocycles. The van der Waals surface area contributed by atoms with Gasteiger partial charge in [-0.2, -0.15) is 5.10 Å². The van der Waals surface area contributed by atoms with E-state index in [1.165, 1.54) is 0 Å². The van der Waals surface area contributed by atoms with Gasteiger partial charge in [0.15, 0.2) is 5.69 Å². The van der Waals surface area contributed by atoms with Crippen LogP contribution in [0.25, 0.3) is 0 Å². The van der Waals surface area contributed by atoms with Gasteiger partial charge in [0.2, 0.25) is 0 Å². The molecule has 1 aliphatic rings. The molecule has 4 rings (SSSR count). The molecular formula is C27H35N5O4. The second kappa shape index (κ2) is 11.0. The number of likely N-dealkylation sites (N-methyl/N-ethyl adjacent to an activating group) is 1. The van der Waals surface area contributed by atoms with Gasteiger partial charge in [-0.05, 0) is 48.9 Å². The number of aromatic nitrogens is 3. The quantitative estimate of drug-likeness (QED) is 0.474. The van der Waals surface area contributed by atoms with Crippen LogP contribution in [0.5, 0.6) is 5.75 Å². The molecule has 0 spiro atoms. The summed E-state index contributed by atoms with van der Waals surface area (Å²) in [7, 11) is 5.30. The summed E-state index contributed by atoms with van der Waals surface area (Å²) in [6, 6.07) is 11.4. The van der Waals surface area contributed by atoms with Crippen molar-refractivity contribution in [1.29, 1.82) is 0 Å². The Hall–Kier alpha value is -3.62. The molecule has 0 bridgehead atoms. The number of hydrogen-bond donors (Lipinski definition) is 0. The van der Waals surface area contributed by atoms with Crippen LogP contribution in [0.2, 0.25) is 0 Å². The van der Waals surface area contributed by atoms with Gasteiger partial charge in [0.1, 0.15) is 17.2 Å². The first kappa shape index (κ1) is 25.5. The number of rotatable bonds is 8. The maximum absolute atomic E-state index is 13.3. The average molecular weight is 494 g/mol. The van der Waals surface area contributed by atoms with Crippen LogP contribution >= 0.6 is 0 Å². The van der Waals surface area contributed by atoms with Crippen LogP contribution in [0.1, 0.15) is 64.9 Å². The van der Waals surface area contributed by atoms with E-state index in [1.54, 1.807) is 37.2 Å². The van der Waals surface area contributed by atoms with E-state index in [9.17, 15) is 9.59 Å². The molecule has 0 unspecified atom stereocenters. The molecule has 0 aliphatic carbocycles. The average Bonchev–Trinajstić information content (AvgIpc) is 3.56. The zero-order valence-corrected chi connectivity index (χ0v) is 21.7. The van der Waals surface area contributed by atoms with E-state index in [0.29, 0.717) is 36.7 Å². The van der Waals surface area contributed by atoms with Gasteiger partial charge >= 0.3 is 0 Å². The number of amides is 2. The van der Waals surface area contributed by atoms with Crippen molar-refractivity contribution >= 4 is 11.8 Å². The summed E-state index contributed by atoms with van der Waals surface area (Å²) in [5, 5.41) is 8.30. The van der Waals surface area contributed by atoms with Gasteiger partial charge < -0.3 is 19.1 Å². The Morgan fingerprint density at radius 1 is 1.17 bits per heavy atom. The van der Waals surface area contributed by atoms with Crippen molar-refractivity contribution in [2.45, 2.75) is 45.1 Å². The predicted molar refractivity (Wildman–Crippen MR) is 135 cm³/mol. The summed E-state index contributed by atoms with van der Waals surface area (Å²) in [5.41, 5.74) is 1.88. The van der Waals surface area contributed by atoms with Crippen LogP contribution in [0.3, 0.4) is 0 Å². The van der Waals surface area contributed by atoms with Crippen molar-refractivity contribution in [2.75, 3.05) is 27.2 Å². The Morgan fingerprint density at radius 2 is 1.92 bits per heavy atom. The van der Waals surface area contributed by atoms with Crippen molar-refractivity contribution in [3.8, 4) is 5.75 Å². The minimum atomic E-state index is -0.106. The largest absolute Gasteiger partial charge is 0.497 e. The summed E-state index contributed by atoms with van der Waals surface area (Å²) in [6.45, 7) is 5.22. The van der Waals surface area contributed by atoms with Crippen LogP contribution in [0, 0.1) is 5.92 Å². The first-order valence-electron chi connectivity index (χ1n) is 12.4. The molecule has 0 N–H and O–H groups in total. The van der Waals surface area contributed by atoms with Crippen LogP contribution in [0.15, 0.2) is 47.1 Å². The number of hydrogen-bond acceptors (Lipinski definition) is 6. The van der Waals surface area contributed by atoms with Crippen molar-refractivity contribution in [3.05, 3.63) is 65.3 Å². The second-order valence-electron chi connectivity index (χ2n) is 9.81. The van der Waals surface area contributed by atoms with Crippen molar-refractivity contribution in [1.82, 2.24) is 24.7 Å². The van der Waals surface area contributed by atoms with Crippen LogP contribution in [-0.4, -0.2) is 69.8 Å². The van der Waals surface area contributed by atoms with Crippen molar-refractivity contribution in [3.63, 3.8) is 0 Å². The van der Waals surface area contributed by atoms with Crippen LogP contribution in [-0.2, 0) is 13.5 Å². The van der Waals surface area contributed by atoms with Gasteiger partial charge in [0.25, 0.3) is 11.8 Å². The van der Waals surface area contributed by atoms with E-state index in [4.69, 9.17) is 9.26 Å². The molecule has 0 radical (unpaired) electrons. The predicted octanol–water partition coefficient (Wildman–Crippen LogP) is 3.78. The summed E-state index contributed by atoms with van der Waals surface area (Å²) in [4.78, 5) is 30.0. The van der Waals surface area contributed by atoms with Crippen LogP contribution < -0.4 is 4.74 Å². The fourth-order valence-electron chi connectivity index (χ4n) is 4.83. The Morgan fingerprint density at radius 3 is 2.53 bits per heavy atom. The molecular weight excluding hydrogens is 458 g/mol. The van der Waals surface area contributed by atoms with Gasteiger partial charge in [-0.25, -0.2) is 0 Å². The van der Waals surface area contributed by atoms with Crippen molar-refractivity contribution in [2.24, 2.45) is 13.0 Å². The summed E-state index contributed by atoms with van der Waals surface area (Å²) in [5.74, 6) is 1.69. The molecule has 3 heterocycles. The number of aryl methyl sites for hydroxylation is 1. The lowest BCUT2D eigenvalue weighted by molar-refractivity contribution is 0.0514. The highest BCUT2D eigenvalue weighted by Crippen LogP contribution is 2.29. The summed E-state index contributed by atoms with van der Waals surface area (Å²) >= 11 is 0. The highest BCUT2D eigenvalue weighted by molar-refractivity contribution is 5.93. The molecule has 1 saturated heterocycles. The SMILES string of the molecule is COc1cccc(C[C@@H](C2CCN(C(=O)c3cc(C(C)C)on3)CC2)N(C)C(=O)c2ccn(C)n2)c1. The second-order valence-corrected chi connectivity index (χ2v) is 9.81. The monoisotopic (exact) mass is 493 g/mol. The Bertz CT molecular complexity index is 1190. The number of carbonyl (C=O) groups is 2. The molecule has 1 aromatic carbocycles. The lowest BCUT2D eigenvalue weighted by atomic mass is 9.84. The Kier molecular flexibility index (Phi) is 7.76. The number of likely N-dealkylation sites (tertiary alicyclic amines) is 1. The van der Waals surface area contributed by atoms with Gasteiger partial charge in [0, 0.05) is 51.4 Å². The zero-order valence-electron chi connectivity index (χ0n) is 21.7. The van der Waals surface area contributed by atoms with Crippen LogP contribution in [0.4, 0.5) is 0 Å². The molecule has 1 fully saturated rings. The third-order valence-electron chi connectivity index (χ3n) is 7.02. The van der Waals surface area contributed by atoms with Gasteiger partial charge in [-0.15, -0.1) is 0 Å². The standard InChI is InChI=1S/C27H35N5O4/c1-18(2)25-17-23(29-36-25)27(34)32-13-9-20(10-14-32)24(16-19-7-6-8-21(15-19)35-5)31(4)26(33)22-11-12-30(3)28-22/h6-8,11-12,15,17-18,20,24H,9-10,13-14,16H2,1-5H3/t24-/m0/s1. The third-order valence-corrected chi connectivity index (χ3v) is 7.02. The number of nitrogens with zero attached hydrogens (tertiary/aromatic N) is 5. The zero-order chi connectivity index (χ0) is 25.8. The molecule has 2 aromatic heterocycles. The number of ether oxygens (including phenoxy) is 1. The molecule has 1 aliphatic heterocycles. The highest BCUT2D eigenvalue weighted by atomic mass is 16.5. The third kappa shape index (κ3) is 5.61. The van der Waals surface area contributed by atoms with Gasteiger partial charge in [0.05, 0.1) is 7.11 Å². The number of benzene rings is 1. The molecule has 2 amide bonds. The molecule has 9 nitrogen and oxygen atoms in total. The highest BCUT2D eigenvalue weighted by Gasteiger charge is 2.34. The number of carbonyl (C=O) groups excluding carboxylic acids is 2. The minimum absolute atomic E-state index is 0.0524. The van der Waals surface area contributed by atoms with E-state index in [-0.39, 0.29) is 29.7 Å². The fraction of sp³-hybridized carbons (Fsp3) is 0.481. The lowest BCUT2D eigenvalue weighted by Crippen LogP contribution is -2.48. The Labute approximate surface area is 212 Å². The smallest absolute Gasteiger partial charge is 0.276 e. The number of piperidine rings is 1. The van der Waals surface area contributed by atoms with E-state index in [1.807, 2.05) is 48.9 Å². The maximum atomic E-state index is 13.3. The van der Waals surface area contributed by atoms with E-state index in [0.717, 1.165) is 24.2 Å². The van der Waals surface area contributed by atoms with E-state index >= 15 is 0 Å². The summed E-state index contributed by atoms with van der Waals surface area (Å²) < 4.78 is 12.4. The Balaban J connectivity index is 1.50. The molecule has 36 heavy (non-hydrogen) atoms. The first-order valence-corrected chi connectivity index (χ1v) is 12.4. The summed E-state index contributed by atoms with van der Waals surface area (Å²) in [6.07, 6.45) is 4.03. The lowest BCUT2D eigenvalue weighted by Gasteiger charge is -2.39. The van der Waals surface area contributed by atoms with Gasteiger partial charge in [-0.3, -0.25) is 14.3 Å². The first-order chi connectivity index (χ1) is 17.3. The number of methoxy groups -OCH3 is 1. The molecule has 1 atom stereocenters. The topological polar surface area (TPSA) is 93.7 Å². The van der Waals surface area contributed by atoms with E-state index in [2.05, 4.69) is 16.3 Å². The van der Waals surface area contributed by atoms with Gasteiger partial charge in [-0.1, -0.05) is 31.1 Å².